The molecule has 0 aliphatic rings. The Bertz CT molecular complexity index is 278. The van der Waals surface area contributed by atoms with E-state index in [1.807, 2.05) is 19.1 Å². The highest BCUT2D eigenvalue weighted by Crippen LogP contribution is 2.15. The zero-order chi connectivity index (χ0) is 9.14. The lowest BCUT2D eigenvalue weighted by Gasteiger charge is -2.08. The van der Waals surface area contributed by atoms with Gasteiger partial charge in [-0.05, 0) is 19.1 Å². The molecule has 1 aromatic rings. The molecule has 0 saturated heterocycles. The predicted octanol–water partition coefficient (Wildman–Crippen LogP) is 1.69. The Morgan fingerprint density at radius 3 is 2.58 bits per heavy atom. The van der Waals surface area contributed by atoms with E-state index in [-0.39, 0.29) is 5.91 Å². The number of hydrogen-bond acceptors (Lipinski definition) is 2. The molecule has 0 N–H and O–H groups in total. The molecule has 0 spiro atoms. The molecular formula is C9H13NOS. The Hall–Kier alpha value is -0.830. The second-order valence-corrected chi connectivity index (χ2v) is 4.35. The molecule has 0 atom stereocenters. The Morgan fingerprint density at radius 1 is 1.50 bits per heavy atom. The summed E-state index contributed by atoms with van der Waals surface area (Å²) in [6, 6.07) is 4.06. The summed E-state index contributed by atoms with van der Waals surface area (Å²) < 4.78 is 0. The van der Waals surface area contributed by atoms with Crippen molar-refractivity contribution >= 4 is 17.2 Å². The summed E-state index contributed by atoms with van der Waals surface area (Å²) in [5.41, 5.74) is 0. The lowest BCUT2D eigenvalue weighted by molar-refractivity contribution is -0.127. The Morgan fingerprint density at radius 2 is 2.17 bits per heavy atom. The summed E-state index contributed by atoms with van der Waals surface area (Å²) >= 11 is 1.69. The van der Waals surface area contributed by atoms with E-state index < -0.39 is 0 Å². The highest BCUT2D eigenvalue weighted by molar-refractivity contribution is 7.12. The van der Waals surface area contributed by atoms with Gasteiger partial charge in [-0.2, -0.15) is 0 Å². The van der Waals surface area contributed by atoms with E-state index in [1.54, 1.807) is 30.3 Å². The van der Waals surface area contributed by atoms with Gasteiger partial charge >= 0.3 is 0 Å². The first-order chi connectivity index (χ1) is 5.59. The van der Waals surface area contributed by atoms with Crippen molar-refractivity contribution in [1.29, 1.82) is 0 Å². The average molecular weight is 183 g/mol. The number of likely N-dealkylation sites (N-methyl/N-ethyl adjacent to an activating group) is 1. The monoisotopic (exact) mass is 183 g/mol. The third kappa shape index (κ3) is 2.34. The molecule has 0 aliphatic heterocycles. The van der Waals surface area contributed by atoms with Gasteiger partial charge in [-0.1, -0.05) is 0 Å². The van der Waals surface area contributed by atoms with Gasteiger partial charge in [0.25, 0.3) is 0 Å². The van der Waals surface area contributed by atoms with Crippen molar-refractivity contribution in [3.8, 4) is 0 Å². The van der Waals surface area contributed by atoms with E-state index in [0.717, 1.165) is 4.88 Å². The summed E-state index contributed by atoms with van der Waals surface area (Å²) in [6.07, 6.45) is 0.533. The third-order valence-corrected chi connectivity index (χ3v) is 2.62. The molecule has 66 valence electrons. The molecular weight excluding hydrogens is 170 g/mol. The predicted molar refractivity (Wildman–Crippen MR) is 51.5 cm³/mol. The quantitative estimate of drug-likeness (QED) is 0.683. The maximum absolute atomic E-state index is 11.3. The molecule has 0 saturated carbocycles. The summed E-state index contributed by atoms with van der Waals surface area (Å²) in [5.74, 6) is 0.164. The van der Waals surface area contributed by atoms with Gasteiger partial charge in [-0.3, -0.25) is 4.79 Å². The highest BCUT2D eigenvalue weighted by atomic mass is 32.1. The topological polar surface area (TPSA) is 20.3 Å². The van der Waals surface area contributed by atoms with Crippen molar-refractivity contribution in [3.05, 3.63) is 21.9 Å². The molecule has 1 heterocycles. The third-order valence-electron chi connectivity index (χ3n) is 1.62. The zero-order valence-corrected chi connectivity index (χ0v) is 8.44. The smallest absolute Gasteiger partial charge is 0.227 e. The van der Waals surface area contributed by atoms with E-state index in [4.69, 9.17) is 0 Å². The van der Waals surface area contributed by atoms with Crippen LogP contribution in [0.4, 0.5) is 0 Å². The average Bonchev–Trinajstić information content (AvgIpc) is 2.35. The van der Waals surface area contributed by atoms with Crippen LogP contribution in [0.15, 0.2) is 12.1 Å². The van der Waals surface area contributed by atoms with Crippen molar-refractivity contribution in [2.45, 2.75) is 13.3 Å². The molecule has 12 heavy (non-hydrogen) atoms. The first-order valence-corrected chi connectivity index (χ1v) is 4.66. The van der Waals surface area contributed by atoms with Gasteiger partial charge in [0.1, 0.15) is 0 Å². The minimum atomic E-state index is 0.164. The van der Waals surface area contributed by atoms with E-state index >= 15 is 0 Å². The van der Waals surface area contributed by atoms with Gasteiger partial charge in [0, 0.05) is 23.8 Å². The van der Waals surface area contributed by atoms with Crippen LogP contribution >= 0.6 is 11.3 Å². The van der Waals surface area contributed by atoms with Crippen LogP contribution in [0.5, 0.6) is 0 Å². The molecule has 0 unspecified atom stereocenters. The second-order valence-electron chi connectivity index (χ2n) is 2.98. The number of amides is 1. The Balaban J connectivity index is 2.58. The number of carbonyl (C=O) groups excluding carboxylic acids is 1. The normalized spacial score (nSPS) is 9.92. The van der Waals surface area contributed by atoms with E-state index in [1.165, 1.54) is 4.88 Å². The zero-order valence-electron chi connectivity index (χ0n) is 7.63. The fourth-order valence-electron chi connectivity index (χ4n) is 0.887. The van der Waals surface area contributed by atoms with Crippen LogP contribution in [0.3, 0.4) is 0 Å². The highest BCUT2D eigenvalue weighted by Gasteiger charge is 2.06. The number of thiophene rings is 1. The lowest BCUT2D eigenvalue weighted by Crippen LogP contribution is -2.22. The largest absolute Gasteiger partial charge is 0.349 e. The molecule has 0 fully saturated rings. The maximum atomic E-state index is 11.3. The summed E-state index contributed by atoms with van der Waals surface area (Å²) in [7, 11) is 3.56. The SMILES string of the molecule is Cc1ccc(CC(=O)N(C)C)s1. The summed E-state index contributed by atoms with van der Waals surface area (Å²) in [6.45, 7) is 2.05. The fourth-order valence-corrected chi connectivity index (χ4v) is 1.77. The van der Waals surface area contributed by atoms with Crippen molar-refractivity contribution < 1.29 is 4.79 Å². The molecule has 0 bridgehead atoms. The molecule has 1 amide bonds. The van der Waals surface area contributed by atoms with Crippen LogP contribution in [-0.4, -0.2) is 24.9 Å². The maximum Gasteiger partial charge on any atom is 0.227 e. The Labute approximate surface area is 76.8 Å². The molecule has 1 rings (SSSR count). The Kier molecular flexibility index (Phi) is 2.87. The van der Waals surface area contributed by atoms with Gasteiger partial charge in [0.15, 0.2) is 0 Å². The van der Waals surface area contributed by atoms with Crippen molar-refractivity contribution in [1.82, 2.24) is 4.90 Å². The van der Waals surface area contributed by atoms with E-state index in [2.05, 4.69) is 0 Å². The first kappa shape index (κ1) is 9.26. The van der Waals surface area contributed by atoms with Crippen LogP contribution in [0.25, 0.3) is 0 Å². The summed E-state index contributed by atoms with van der Waals surface area (Å²) in [5, 5.41) is 0. The number of hydrogen-bond donors (Lipinski definition) is 0. The van der Waals surface area contributed by atoms with Crippen LogP contribution in [0, 0.1) is 6.92 Å². The fraction of sp³-hybridized carbons (Fsp3) is 0.444. The minimum Gasteiger partial charge on any atom is -0.349 e. The number of nitrogens with zero attached hydrogens (tertiary/aromatic N) is 1. The molecule has 0 radical (unpaired) electrons. The van der Waals surface area contributed by atoms with E-state index in [9.17, 15) is 4.79 Å². The van der Waals surface area contributed by atoms with Gasteiger partial charge in [-0.25, -0.2) is 0 Å². The molecule has 1 aromatic heterocycles. The van der Waals surface area contributed by atoms with Gasteiger partial charge in [0.2, 0.25) is 5.91 Å². The van der Waals surface area contributed by atoms with Gasteiger partial charge < -0.3 is 4.90 Å². The second kappa shape index (κ2) is 3.72. The molecule has 2 nitrogen and oxygen atoms in total. The van der Waals surface area contributed by atoms with Crippen LogP contribution in [0.1, 0.15) is 9.75 Å². The van der Waals surface area contributed by atoms with Crippen LogP contribution in [-0.2, 0) is 11.2 Å². The minimum absolute atomic E-state index is 0.164. The number of aryl methyl sites for hydroxylation is 1. The van der Waals surface area contributed by atoms with Crippen molar-refractivity contribution in [3.63, 3.8) is 0 Å². The van der Waals surface area contributed by atoms with Gasteiger partial charge in [-0.15, -0.1) is 11.3 Å². The molecule has 0 aromatic carbocycles. The van der Waals surface area contributed by atoms with Crippen molar-refractivity contribution in [2.75, 3.05) is 14.1 Å². The van der Waals surface area contributed by atoms with E-state index in [0.29, 0.717) is 6.42 Å². The van der Waals surface area contributed by atoms with Gasteiger partial charge in [0.05, 0.1) is 6.42 Å². The van der Waals surface area contributed by atoms with Crippen LogP contribution in [0.2, 0.25) is 0 Å². The molecule has 3 heteroatoms. The summed E-state index contributed by atoms with van der Waals surface area (Å²) in [4.78, 5) is 15.3. The van der Waals surface area contributed by atoms with Crippen molar-refractivity contribution in [2.24, 2.45) is 0 Å². The lowest BCUT2D eigenvalue weighted by atomic mass is 10.3. The first-order valence-electron chi connectivity index (χ1n) is 3.85. The van der Waals surface area contributed by atoms with Crippen LogP contribution < -0.4 is 0 Å². The standard InChI is InChI=1S/C9H13NOS/c1-7-4-5-8(12-7)6-9(11)10(2)3/h4-5H,6H2,1-3H3. The number of carbonyl (C=O) groups is 1. The number of rotatable bonds is 2. The molecule has 0 aliphatic carbocycles.